The molecule has 106 valence electrons. The van der Waals surface area contributed by atoms with Gasteiger partial charge in [-0.2, -0.15) is 0 Å². The maximum Gasteiger partial charge on any atom is 0.231 e. The second-order valence-corrected chi connectivity index (χ2v) is 5.34. The van der Waals surface area contributed by atoms with E-state index in [1.165, 1.54) is 0 Å². The van der Waals surface area contributed by atoms with E-state index in [1.807, 2.05) is 49.4 Å². The standard InChI is InChI=1S/C18H17NO2/c1-13-6-2-3-7-14(13)12-18(21)19-11-10-17(20)15-8-4-5-9-16(15)19/h2-9H,10-12H2,1H3. The highest BCUT2D eigenvalue weighted by atomic mass is 16.2. The zero-order valence-electron chi connectivity index (χ0n) is 12.0. The van der Waals surface area contributed by atoms with Crippen LogP contribution in [0.4, 0.5) is 5.69 Å². The molecule has 2 aromatic carbocycles. The summed E-state index contributed by atoms with van der Waals surface area (Å²) < 4.78 is 0. The van der Waals surface area contributed by atoms with Crippen LogP contribution in [0.1, 0.15) is 27.9 Å². The number of fused-ring (bicyclic) bond motifs is 1. The number of carbonyl (C=O) groups excluding carboxylic acids is 2. The lowest BCUT2D eigenvalue weighted by Gasteiger charge is -2.28. The summed E-state index contributed by atoms with van der Waals surface area (Å²) in [7, 11) is 0. The van der Waals surface area contributed by atoms with Gasteiger partial charge in [-0.1, -0.05) is 36.4 Å². The molecule has 2 aromatic rings. The SMILES string of the molecule is Cc1ccccc1CC(=O)N1CCC(=O)c2ccccc21. The molecular weight excluding hydrogens is 262 g/mol. The Labute approximate surface area is 124 Å². The van der Waals surface area contributed by atoms with E-state index in [2.05, 4.69) is 0 Å². The summed E-state index contributed by atoms with van der Waals surface area (Å²) in [6.45, 7) is 2.48. The number of anilines is 1. The van der Waals surface area contributed by atoms with Gasteiger partial charge in [-0.15, -0.1) is 0 Å². The molecule has 0 aromatic heterocycles. The van der Waals surface area contributed by atoms with Crippen molar-refractivity contribution in [2.75, 3.05) is 11.4 Å². The van der Waals surface area contributed by atoms with Crippen LogP contribution in [0.3, 0.4) is 0 Å². The number of aryl methyl sites for hydroxylation is 1. The number of ketones is 1. The molecule has 0 fully saturated rings. The zero-order valence-corrected chi connectivity index (χ0v) is 12.0. The van der Waals surface area contributed by atoms with Crippen LogP contribution < -0.4 is 4.90 Å². The predicted molar refractivity (Wildman–Crippen MR) is 82.6 cm³/mol. The Morgan fingerprint density at radius 1 is 1.10 bits per heavy atom. The van der Waals surface area contributed by atoms with Crippen molar-refractivity contribution >= 4 is 17.4 Å². The summed E-state index contributed by atoms with van der Waals surface area (Å²) in [6.07, 6.45) is 0.770. The minimum Gasteiger partial charge on any atom is -0.311 e. The largest absolute Gasteiger partial charge is 0.311 e. The van der Waals surface area contributed by atoms with Crippen molar-refractivity contribution in [3.05, 3.63) is 65.2 Å². The van der Waals surface area contributed by atoms with Crippen molar-refractivity contribution in [1.82, 2.24) is 0 Å². The van der Waals surface area contributed by atoms with Gasteiger partial charge in [0.1, 0.15) is 0 Å². The van der Waals surface area contributed by atoms with Gasteiger partial charge < -0.3 is 4.90 Å². The number of hydrogen-bond acceptors (Lipinski definition) is 2. The number of benzene rings is 2. The van der Waals surface area contributed by atoms with Crippen molar-refractivity contribution in [2.24, 2.45) is 0 Å². The molecule has 3 heteroatoms. The molecule has 1 aliphatic heterocycles. The van der Waals surface area contributed by atoms with Crippen LogP contribution in [0.2, 0.25) is 0 Å². The van der Waals surface area contributed by atoms with Crippen LogP contribution in [-0.4, -0.2) is 18.2 Å². The van der Waals surface area contributed by atoms with Crippen LogP contribution in [0.25, 0.3) is 0 Å². The van der Waals surface area contributed by atoms with E-state index >= 15 is 0 Å². The van der Waals surface area contributed by atoms with Gasteiger partial charge in [0.05, 0.1) is 12.1 Å². The van der Waals surface area contributed by atoms with Crippen molar-refractivity contribution < 1.29 is 9.59 Å². The molecule has 1 heterocycles. The van der Waals surface area contributed by atoms with Gasteiger partial charge in [-0.05, 0) is 30.2 Å². The van der Waals surface area contributed by atoms with E-state index in [1.54, 1.807) is 11.0 Å². The molecule has 1 aliphatic rings. The highest BCUT2D eigenvalue weighted by Gasteiger charge is 2.26. The number of rotatable bonds is 2. The first-order valence-corrected chi connectivity index (χ1v) is 7.14. The fourth-order valence-corrected chi connectivity index (χ4v) is 2.74. The van der Waals surface area contributed by atoms with E-state index in [4.69, 9.17) is 0 Å². The first-order valence-electron chi connectivity index (χ1n) is 7.14. The van der Waals surface area contributed by atoms with Gasteiger partial charge in [0.25, 0.3) is 0 Å². The number of nitrogens with zero attached hydrogens (tertiary/aromatic N) is 1. The predicted octanol–water partition coefficient (Wildman–Crippen LogP) is 3.16. The fraction of sp³-hybridized carbons (Fsp3) is 0.222. The minimum absolute atomic E-state index is 0.0456. The van der Waals surface area contributed by atoms with E-state index < -0.39 is 0 Å². The van der Waals surface area contributed by atoms with Crippen LogP contribution >= 0.6 is 0 Å². The summed E-state index contributed by atoms with van der Waals surface area (Å²) in [5, 5.41) is 0. The van der Waals surface area contributed by atoms with E-state index in [-0.39, 0.29) is 11.7 Å². The Morgan fingerprint density at radius 2 is 1.81 bits per heavy atom. The summed E-state index contributed by atoms with van der Waals surface area (Å²) in [5.74, 6) is 0.162. The molecular formula is C18H17NO2. The first kappa shape index (κ1) is 13.6. The van der Waals surface area contributed by atoms with Crippen molar-refractivity contribution in [2.45, 2.75) is 19.8 Å². The maximum absolute atomic E-state index is 12.6. The van der Waals surface area contributed by atoms with Crippen molar-refractivity contribution in [3.8, 4) is 0 Å². The molecule has 1 amide bonds. The molecule has 0 saturated carbocycles. The molecule has 3 rings (SSSR count). The van der Waals surface area contributed by atoms with Gasteiger partial charge in [-0.25, -0.2) is 0 Å². The molecule has 0 N–H and O–H groups in total. The molecule has 0 saturated heterocycles. The minimum atomic E-state index is 0.0456. The molecule has 0 unspecified atom stereocenters. The number of carbonyl (C=O) groups is 2. The van der Waals surface area contributed by atoms with Crippen LogP contribution in [0.5, 0.6) is 0 Å². The Hall–Kier alpha value is -2.42. The lowest BCUT2D eigenvalue weighted by Crippen LogP contribution is -2.38. The Balaban J connectivity index is 1.88. The van der Waals surface area contributed by atoms with Gasteiger partial charge >= 0.3 is 0 Å². The van der Waals surface area contributed by atoms with Crippen molar-refractivity contribution in [3.63, 3.8) is 0 Å². The lowest BCUT2D eigenvalue weighted by molar-refractivity contribution is -0.118. The topological polar surface area (TPSA) is 37.4 Å². The fourth-order valence-electron chi connectivity index (χ4n) is 2.74. The van der Waals surface area contributed by atoms with Crippen molar-refractivity contribution in [1.29, 1.82) is 0 Å². The summed E-state index contributed by atoms with van der Waals surface area (Å²) in [5.41, 5.74) is 3.55. The summed E-state index contributed by atoms with van der Waals surface area (Å²) in [4.78, 5) is 26.3. The Morgan fingerprint density at radius 3 is 2.62 bits per heavy atom. The third-order valence-electron chi connectivity index (χ3n) is 3.96. The highest BCUT2D eigenvalue weighted by Crippen LogP contribution is 2.27. The average Bonchev–Trinajstić information content (AvgIpc) is 2.50. The van der Waals surface area contributed by atoms with Crippen LogP contribution in [0, 0.1) is 6.92 Å². The Kier molecular flexibility index (Phi) is 3.57. The average molecular weight is 279 g/mol. The van der Waals surface area contributed by atoms with E-state index in [9.17, 15) is 9.59 Å². The third-order valence-corrected chi connectivity index (χ3v) is 3.96. The van der Waals surface area contributed by atoms with Crippen LogP contribution in [-0.2, 0) is 11.2 Å². The molecule has 3 nitrogen and oxygen atoms in total. The second-order valence-electron chi connectivity index (χ2n) is 5.34. The first-order chi connectivity index (χ1) is 10.2. The molecule has 0 aliphatic carbocycles. The van der Waals surface area contributed by atoms with Gasteiger partial charge in [0, 0.05) is 18.5 Å². The van der Waals surface area contributed by atoms with Gasteiger partial charge in [0.2, 0.25) is 5.91 Å². The number of para-hydroxylation sites is 1. The quantitative estimate of drug-likeness (QED) is 0.846. The monoisotopic (exact) mass is 279 g/mol. The Bertz CT molecular complexity index is 706. The smallest absolute Gasteiger partial charge is 0.231 e. The summed E-state index contributed by atoms with van der Waals surface area (Å²) >= 11 is 0. The zero-order chi connectivity index (χ0) is 14.8. The van der Waals surface area contributed by atoms with Gasteiger partial charge in [-0.3, -0.25) is 9.59 Å². The molecule has 0 radical (unpaired) electrons. The van der Waals surface area contributed by atoms with Crippen LogP contribution in [0.15, 0.2) is 48.5 Å². The third kappa shape index (κ3) is 2.59. The molecule has 0 atom stereocenters. The highest BCUT2D eigenvalue weighted by molar-refractivity contribution is 6.09. The second kappa shape index (κ2) is 5.52. The van der Waals surface area contributed by atoms with E-state index in [0.29, 0.717) is 24.9 Å². The maximum atomic E-state index is 12.6. The number of Topliss-reactive ketones (excluding diaryl/α,β-unsaturated/α-hetero) is 1. The number of amides is 1. The summed E-state index contributed by atoms with van der Waals surface area (Å²) in [6, 6.07) is 15.3. The lowest BCUT2D eigenvalue weighted by atomic mass is 9.99. The molecule has 21 heavy (non-hydrogen) atoms. The van der Waals surface area contributed by atoms with Gasteiger partial charge in [0.15, 0.2) is 5.78 Å². The normalized spacial score (nSPS) is 14.0. The van der Waals surface area contributed by atoms with E-state index in [0.717, 1.165) is 16.8 Å². The molecule has 0 bridgehead atoms. The molecule has 0 spiro atoms. The number of hydrogen-bond donors (Lipinski definition) is 0.